The first-order valence-electron chi connectivity index (χ1n) is 9.70. The van der Waals surface area contributed by atoms with Crippen LogP contribution in [0.1, 0.15) is 6.92 Å². The van der Waals surface area contributed by atoms with Crippen LogP contribution in [0.15, 0.2) is 54.6 Å². The second kappa shape index (κ2) is 7.95. The predicted molar refractivity (Wildman–Crippen MR) is 111 cm³/mol. The van der Waals surface area contributed by atoms with Crippen LogP contribution in [0.25, 0.3) is 5.69 Å². The average Bonchev–Trinajstić information content (AvgIpc) is 3.03. The molecule has 1 fully saturated rings. The molecule has 7 heteroatoms. The molecule has 1 saturated heterocycles. The minimum absolute atomic E-state index is 0.0222. The number of aromatic hydroxyl groups is 2. The molecule has 6 nitrogen and oxygen atoms in total. The molecule has 0 bridgehead atoms. The fraction of sp³-hybridized carbons (Fsp3) is 0.273. The van der Waals surface area contributed by atoms with Crippen LogP contribution in [0.5, 0.6) is 17.5 Å². The third kappa shape index (κ3) is 3.68. The molecule has 2 aromatic carbocycles. The van der Waals surface area contributed by atoms with Gasteiger partial charge in [0.15, 0.2) is 0 Å². The summed E-state index contributed by atoms with van der Waals surface area (Å²) >= 11 is 0. The molecule has 0 atom stereocenters. The molecule has 0 unspecified atom stereocenters. The van der Waals surface area contributed by atoms with Gasteiger partial charge in [-0.1, -0.05) is 12.1 Å². The van der Waals surface area contributed by atoms with E-state index in [1.54, 1.807) is 42.5 Å². The summed E-state index contributed by atoms with van der Waals surface area (Å²) in [5, 5.41) is 21.2. The minimum Gasteiger partial charge on any atom is -0.494 e. The summed E-state index contributed by atoms with van der Waals surface area (Å²) in [6, 6.07) is 15.5. The van der Waals surface area contributed by atoms with Crippen molar-refractivity contribution in [3.8, 4) is 23.2 Å². The van der Waals surface area contributed by atoms with Crippen LogP contribution < -0.4 is 14.5 Å². The molecule has 152 valence electrons. The first-order chi connectivity index (χ1) is 14.1. The third-order valence-corrected chi connectivity index (χ3v) is 5.16. The Bertz CT molecular complexity index is 979. The number of hydrogen-bond donors (Lipinski definition) is 2. The van der Waals surface area contributed by atoms with Crippen LogP contribution in [-0.2, 0) is 0 Å². The van der Waals surface area contributed by atoms with Gasteiger partial charge in [0.2, 0.25) is 11.8 Å². The lowest BCUT2D eigenvalue weighted by atomic mass is 10.2. The van der Waals surface area contributed by atoms with E-state index in [-0.39, 0.29) is 17.6 Å². The zero-order valence-corrected chi connectivity index (χ0v) is 16.3. The molecule has 0 saturated carbocycles. The second-order valence-electron chi connectivity index (χ2n) is 6.90. The zero-order chi connectivity index (χ0) is 20.4. The van der Waals surface area contributed by atoms with E-state index in [0.717, 1.165) is 5.75 Å². The Balaban J connectivity index is 1.52. The molecule has 3 aromatic rings. The largest absolute Gasteiger partial charge is 0.494 e. The molecule has 2 N–H and O–H groups in total. The van der Waals surface area contributed by atoms with Gasteiger partial charge in [-0.25, -0.2) is 8.96 Å². The topological polar surface area (TPSA) is 61.1 Å². The van der Waals surface area contributed by atoms with E-state index in [4.69, 9.17) is 4.74 Å². The number of nitrogens with zero attached hydrogens (tertiary/aromatic N) is 3. The van der Waals surface area contributed by atoms with Crippen molar-refractivity contribution in [3.63, 3.8) is 0 Å². The zero-order valence-electron chi connectivity index (χ0n) is 16.3. The van der Waals surface area contributed by atoms with E-state index >= 15 is 0 Å². The van der Waals surface area contributed by atoms with Crippen molar-refractivity contribution in [2.24, 2.45) is 0 Å². The number of ether oxygens (including phenoxy) is 1. The summed E-state index contributed by atoms with van der Waals surface area (Å²) in [7, 11) is 0. The highest BCUT2D eigenvalue weighted by molar-refractivity contribution is 5.64. The Morgan fingerprint density at radius 3 is 2.14 bits per heavy atom. The molecule has 0 aliphatic carbocycles. The Hall–Kier alpha value is -3.35. The summed E-state index contributed by atoms with van der Waals surface area (Å²) in [4.78, 5) is 3.99. The van der Waals surface area contributed by atoms with Crippen molar-refractivity contribution in [2.75, 3.05) is 42.6 Å². The van der Waals surface area contributed by atoms with Gasteiger partial charge in [-0.3, -0.25) is 0 Å². The lowest BCUT2D eigenvalue weighted by molar-refractivity contribution is 0.340. The number of halogens is 1. The fourth-order valence-electron chi connectivity index (χ4n) is 3.72. The maximum atomic E-state index is 14.0. The third-order valence-electron chi connectivity index (χ3n) is 5.16. The van der Waals surface area contributed by atoms with Crippen LogP contribution in [0.3, 0.4) is 0 Å². The van der Waals surface area contributed by atoms with Gasteiger partial charge in [0.05, 0.1) is 18.0 Å². The summed E-state index contributed by atoms with van der Waals surface area (Å²) in [6.07, 6.45) is 0. The lowest BCUT2D eigenvalue weighted by Crippen LogP contribution is -2.46. The van der Waals surface area contributed by atoms with Gasteiger partial charge in [-0.15, -0.1) is 0 Å². The minimum atomic E-state index is -0.233. The molecule has 1 aliphatic rings. The van der Waals surface area contributed by atoms with E-state index in [1.807, 2.05) is 22.8 Å². The molecule has 0 radical (unpaired) electrons. The smallest absolute Gasteiger partial charge is 0.223 e. The molecule has 1 aliphatic heterocycles. The summed E-state index contributed by atoms with van der Waals surface area (Å²) < 4.78 is 20.9. The number of rotatable bonds is 5. The van der Waals surface area contributed by atoms with Crippen molar-refractivity contribution in [3.05, 3.63) is 60.4 Å². The average molecular weight is 397 g/mol. The summed E-state index contributed by atoms with van der Waals surface area (Å²) in [5.41, 5.74) is 1.79. The number of benzene rings is 2. The molecule has 2 heterocycles. The van der Waals surface area contributed by atoms with Gasteiger partial charge in [0.25, 0.3) is 0 Å². The van der Waals surface area contributed by atoms with Crippen molar-refractivity contribution >= 4 is 11.4 Å². The van der Waals surface area contributed by atoms with Gasteiger partial charge in [0, 0.05) is 32.2 Å². The number of anilines is 2. The lowest BCUT2D eigenvalue weighted by Gasteiger charge is -2.37. The molecular weight excluding hydrogens is 373 g/mol. The standard InChI is InChI=1S/C22H24FN3O3/c1-2-29-17-9-7-16(8-10-17)26-21(27)15-20(22(26)28)25-13-11-24(12-14-25)19-6-4-3-5-18(19)23/h3-10,15,27-28H,2,11-14H2,1H3. The van der Waals surface area contributed by atoms with Crippen molar-refractivity contribution in [1.82, 2.24) is 4.57 Å². The van der Waals surface area contributed by atoms with Crippen molar-refractivity contribution < 1.29 is 19.3 Å². The van der Waals surface area contributed by atoms with Crippen LogP contribution in [0, 0.1) is 5.82 Å². The Morgan fingerprint density at radius 1 is 0.897 bits per heavy atom. The van der Waals surface area contributed by atoms with Crippen LogP contribution in [0.2, 0.25) is 0 Å². The Morgan fingerprint density at radius 2 is 1.52 bits per heavy atom. The maximum absolute atomic E-state index is 14.0. The molecule has 0 spiro atoms. The van der Waals surface area contributed by atoms with Gasteiger partial charge in [0.1, 0.15) is 17.3 Å². The van der Waals surface area contributed by atoms with Crippen molar-refractivity contribution in [1.29, 1.82) is 0 Å². The van der Waals surface area contributed by atoms with Gasteiger partial charge in [-0.2, -0.15) is 0 Å². The SMILES string of the molecule is CCOc1ccc(-n2c(O)cc(N3CCN(c4ccccc4F)CC3)c2O)cc1. The van der Waals surface area contributed by atoms with E-state index in [2.05, 4.69) is 0 Å². The highest BCUT2D eigenvalue weighted by atomic mass is 19.1. The summed E-state index contributed by atoms with van der Waals surface area (Å²) in [6.45, 7) is 4.94. The van der Waals surface area contributed by atoms with E-state index < -0.39 is 0 Å². The fourth-order valence-corrected chi connectivity index (χ4v) is 3.72. The molecule has 4 rings (SSSR count). The number of aromatic nitrogens is 1. The normalized spacial score (nSPS) is 14.3. The Kier molecular flexibility index (Phi) is 5.20. The highest BCUT2D eigenvalue weighted by Gasteiger charge is 2.25. The monoisotopic (exact) mass is 397 g/mol. The number of piperazine rings is 1. The summed E-state index contributed by atoms with van der Waals surface area (Å²) in [5.74, 6) is 0.430. The van der Waals surface area contributed by atoms with Crippen LogP contribution >= 0.6 is 0 Å². The number of para-hydroxylation sites is 1. The van der Waals surface area contributed by atoms with Crippen LogP contribution in [0.4, 0.5) is 15.8 Å². The predicted octanol–water partition coefficient (Wildman–Crippen LogP) is 3.75. The molecule has 1 aromatic heterocycles. The van der Waals surface area contributed by atoms with Crippen LogP contribution in [-0.4, -0.2) is 47.6 Å². The van der Waals surface area contributed by atoms with E-state index in [9.17, 15) is 14.6 Å². The second-order valence-corrected chi connectivity index (χ2v) is 6.90. The van der Waals surface area contributed by atoms with Gasteiger partial charge in [-0.05, 0) is 43.3 Å². The van der Waals surface area contributed by atoms with Gasteiger partial charge >= 0.3 is 0 Å². The maximum Gasteiger partial charge on any atom is 0.223 e. The molecule has 0 amide bonds. The van der Waals surface area contributed by atoms with E-state index in [1.165, 1.54) is 10.6 Å². The molecular formula is C22H24FN3O3. The molecule has 29 heavy (non-hydrogen) atoms. The number of hydrogen-bond acceptors (Lipinski definition) is 5. The first kappa shape index (κ1) is 19.0. The quantitative estimate of drug-likeness (QED) is 0.687. The Labute approximate surface area is 169 Å². The van der Waals surface area contributed by atoms with E-state index in [0.29, 0.717) is 49.8 Å². The highest BCUT2D eigenvalue weighted by Crippen LogP contribution is 2.38. The van der Waals surface area contributed by atoms with Gasteiger partial charge < -0.3 is 24.7 Å². The van der Waals surface area contributed by atoms with Crippen molar-refractivity contribution in [2.45, 2.75) is 6.92 Å². The first-order valence-corrected chi connectivity index (χ1v) is 9.70.